The van der Waals surface area contributed by atoms with Crippen LogP contribution in [-0.4, -0.2) is 28.8 Å². The molecule has 0 aliphatic rings. The van der Waals surface area contributed by atoms with Gasteiger partial charge < -0.3 is 14.1 Å². The number of unbranched alkanes of at least 4 members (excludes halogenated alkanes) is 1. The van der Waals surface area contributed by atoms with Gasteiger partial charge in [-0.05, 0) is 31.9 Å². The van der Waals surface area contributed by atoms with Gasteiger partial charge in [-0.1, -0.05) is 38.5 Å². The molecule has 0 aliphatic carbocycles. The first-order chi connectivity index (χ1) is 16.0. The Morgan fingerprint density at radius 2 is 1.73 bits per heavy atom. The van der Waals surface area contributed by atoms with Gasteiger partial charge in [0.15, 0.2) is 11.2 Å². The highest BCUT2D eigenvalue weighted by molar-refractivity contribution is 5.71. The molecule has 0 amide bonds. The van der Waals surface area contributed by atoms with Gasteiger partial charge in [0, 0.05) is 18.7 Å². The maximum Gasteiger partial charge on any atom is 0.333 e. The maximum absolute atomic E-state index is 13.5. The minimum Gasteiger partial charge on any atom is -0.441 e. The van der Waals surface area contributed by atoms with Crippen LogP contribution >= 0.6 is 0 Å². The SMILES string of the molecule is CCCCn1c(=O)n(Cc2nc(-c3ccccc3)oc2C)c(=O)c2c1nc(CO)n2CCC. The second kappa shape index (κ2) is 9.58. The number of aromatic nitrogens is 5. The molecule has 0 saturated heterocycles. The van der Waals surface area contributed by atoms with Crippen molar-refractivity contribution >= 4 is 11.2 Å². The molecule has 0 fully saturated rings. The lowest BCUT2D eigenvalue weighted by Crippen LogP contribution is -2.41. The molecule has 0 saturated carbocycles. The highest BCUT2D eigenvalue weighted by Gasteiger charge is 2.22. The molecule has 0 aliphatic heterocycles. The fourth-order valence-electron chi connectivity index (χ4n) is 4.01. The van der Waals surface area contributed by atoms with Gasteiger partial charge in [0.25, 0.3) is 5.56 Å². The summed E-state index contributed by atoms with van der Waals surface area (Å²) in [5.41, 5.74) is 1.14. The summed E-state index contributed by atoms with van der Waals surface area (Å²) >= 11 is 0. The highest BCUT2D eigenvalue weighted by Crippen LogP contribution is 2.22. The van der Waals surface area contributed by atoms with Gasteiger partial charge in [-0.3, -0.25) is 13.9 Å². The number of hydrogen-bond donors (Lipinski definition) is 1. The lowest BCUT2D eigenvalue weighted by Gasteiger charge is -2.12. The molecule has 0 bridgehead atoms. The van der Waals surface area contributed by atoms with Crippen molar-refractivity contribution in [1.29, 1.82) is 0 Å². The number of oxazole rings is 1. The predicted molar refractivity (Wildman–Crippen MR) is 125 cm³/mol. The number of hydrogen-bond acceptors (Lipinski definition) is 6. The average molecular weight is 452 g/mol. The molecule has 1 N–H and O–H groups in total. The van der Waals surface area contributed by atoms with E-state index in [0.717, 1.165) is 24.8 Å². The first-order valence-corrected chi connectivity index (χ1v) is 11.3. The van der Waals surface area contributed by atoms with Crippen LogP contribution in [0.15, 0.2) is 44.3 Å². The first kappa shape index (κ1) is 22.7. The molecule has 0 atom stereocenters. The largest absolute Gasteiger partial charge is 0.441 e. The molecule has 0 unspecified atom stereocenters. The first-order valence-electron chi connectivity index (χ1n) is 11.3. The Hall–Kier alpha value is -3.46. The topological polar surface area (TPSA) is 108 Å². The van der Waals surface area contributed by atoms with Crippen LogP contribution < -0.4 is 11.2 Å². The van der Waals surface area contributed by atoms with Crippen molar-refractivity contribution in [3.63, 3.8) is 0 Å². The van der Waals surface area contributed by atoms with Crippen LogP contribution in [0.1, 0.15) is 50.4 Å². The Labute approximate surface area is 191 Å². The summed E-state index contributed by atoms with van der Waals surface area (Å²) < 4.78 is 10.3. The van der Waals surface area contributed by atoms with E-state index in [1.165, 1.54) is 4.57 Å². The quantitative estimate of drug-likeness (QED) is 0.419. The Kier molecular flexibility index (Phi) is 6.60. The van der Waals surface area contributed by atoms with Gasteiger partial charge in [-0.15, -0.1) is 0 Å². The van der Waals surface area contributed by atoms with E-state index < -0.39 is 11.2 Å². The van der Waals surface area contributed by atoms with Crippen LogP contribution in [-0.2, 0) is 26.2 Å². The Morgan fingerprint density at radius 3 is 2.39 bits per heavy atom. The van der Waals surface area contributed by atoms with E-state index in [2.05, 4.69) is 9.97 Å². The van der Waals surface area contributed by atoms with Gasteiger partial charge in [0.05, 0.1) is 6.54 Å². The third-order valence-corrected chi connectivity index (χ3v) is 5.74. The van der Waals surface area contributed by atoms with Gasteiger partial charge in [-0.2, -0.15) is 0 Å². The molecule has 3 heterocycles. The fraction of sp³-hybridized carbons (Fsp3) is 0.417. The van der Waals surface area contributed by atoms with Crippen LogP contribution in [0.3, 0.4) is 0 Å². The minimum absolute atomic E-state index is 0.00629. The molecular formula is C24H29N5O4. The van der Waals surface area contributed by atoms with E-state index in [1.807, 2.05) is 44.2 Å². The van der Waals surface area contributed by atoms with Crippen molar-refractivity contribution in [1.82, 2.24) is 23.7 Å². The second-order valence-corrected chi connectivity index (χ2v) is 8.08. The fourth-order valence-corrected chi connectivity index (χ4v) is 4.01. The molecular weight excluding hydrogens is 422 g/mol. The number of rotatable bonds is 9. The summed E-state index contributed by atoms with van der Waals surface area (Å²) in [5.74, 6) is 1.39. The number of fused-ring (bicyclic) bond motifs is 1. The number of imidazole rings is 1. The summed E-state index contributed by atoms with van der Waals surface area (Å²) in [4.78, 5) is 36.0. The third-order valence-electron chi connectivity index (χ3n) is 5.74. The lowest BCUT2D eigenvalue weighted by molar-refractivity contribution is 0.265. The van der Waals surface area contributed by atoms with Crippen molar-refractivity contribution < 1.29 is 9.52 Å². The van der Waals surface area contributed by atoms with Crippen molar-refractivity contribution in [2.24, 2.45) is 0 Å². The summed E-state index contributed by atoms with van der Waals surface area (Å²) in [5, 5.41) is 9.82. The number of aliphatic hydroxyl groups is 1. The van der Waals surface area contributed by atoms with Gasteiger partial charge >= 0.3 is 5.69 Å². The van der Waals surface area contributed by atoms with E-state index in [9.17, 15) is 14.7 Å². The summed E-state index contributed by atoms with van der Waals surface area (Å²) in [6.07, 6.45) is 2.41. The standard InChI is InChI=1S/C24H29N5O4/c1-4-6-13-28-21-20(27(12-5-2)19(15-30)26-21)23(31)29(24(28)32)14-18-16(3)33-22(25-18)17-10-8-7-9-11-17/h7-11,30H,4-6,12-15H2,1-3H3. The van der Waals surface area contributed by atoms with Crippen LogP contribution in [0, 0.1) is 6.92 Å². The lowest BCUT2D eigenvalue weighted by atomic mass is 10.2. The van der Waals surface area contributed by atoms with Crippen molar-refractivity contribution in [2.75, 3.05) is 0 Å². The van der Waals surface area contributed by atoms with E-state index in [-0.39, 0.29) is 13.2 Å². The van der Waals surface area contributed by atoms with E-state index in [4.69, 9.17) is 4.42 Å². The number of benzene rings is 1. The van der Waals surface area contributed by atoms with Crippen LogP contribution in [0.2, 0.25) is 0 Å². The zero-order valence-electron chi connectivity index (χ0n) is 19.2. The van der Waals surface area contributed by atoms with E-state index in [1.54, 1.807) is 16.1 Å². The molecule has 9 heteroatoms. The van der Waals surface area contributed by atoms with Crippen LogP contribution in [0.5, 0.6) is 0 Å². The van der Waals surface area contributed by atoms with Gasteiger partial charge in [0.2, 0.25) is 5.89 Å². The molecule has 174 valence electrons. The molecule has 9 nitrogen and oxygen atoms in total. The molecule has 4 aromatic rings. The number of nitrogens with zero attached hydrogens (tertiary/aromatic N) is 5. The monoisotopic (exact) mass is 451 g/mol. The Balaban J connectivity index is 1.89. The smallest absolute Gasteiger partial charge is 0.333 e. The molecule has 4 rings (SSSR count). The minimum atomic E-state index is -0.438. The van der Waals surface area contributed by atoms with E-state index >= 15 is 0 Å². The van der Waals surface area contributed by atoms with Crippen LogP contribution in [0.25, 0.3) is 22.6 Å². The summed E-state index contributed by atoms with van der Waals surface area (Å²) in [6.45, 7) is 6.45. The second-order valence-electron chi connectivity index (χ2n) is 8.08. The summed E-state index contributed by atoms with van der Waals surface area (Å²) in [6, 6.07) is 9.49. The zero-order valence-corrected chi connectivity index (χ0v) is 19.2. The van der Waals surface area contributed by atoms with Gasteiger partial charge in [0.1, 0.15) is 23.9 Å². The number of aryl methyl sites for hydroxylation is 3. The molecule has 0 spiro atoms. The van der Waals surface area contributed by atoms with Crippen molar-refractivity contribution in [3.05, 3.63) is 68.4 Å². The molecule has 33 heavy (non-hydrogen) atoms. The van der Waals surface area contributed by atoms with Gasteiger partial charge in [-0.25, -0.2) is 14.8 Å². The predicted octanol–water partition coefficient (Wildman–Crippen LogP) is 3.07. The molecule has 1 aromatic carbocycles. The number of aliphatic hydroxyl groups excluding tert-OH is 1. The maximum atomic E-state index is 13.5. The highest BCUT2D eigenvalue weighted by atomic mass is 16.4. The van der Waals surface area contributed by atoms with Crippen LogP contribution in [0.4, 0.5) is 0 Å². The zero-order chi connectivity index (χ0) is 23.5. The third kappa shape index (κ3) is 4.16. The Morgan fingerprint density at radius 1 is 0.970 bits per heavy atom. The average Bonchev–Trinajstić information content (AvgIpc) is 3.38. The van der Waals surface area contributed by atoms with Crippen molar-refractivity contribution in [2.45, 2.75) is 66.3 Å². The Bertz CT molecular complexity index is 1380. The molecule has 3 aromatic heterocycles. The van der Waals surface area contributed by atoms with E-state index in [0.29, 0.717) is 47.4 Å². The molecule has 0 radical (unpaired) electrons. The normalized spacial score (nSPS) is 11.5. The summed E-state index contributed by atoms with van der Waals surface area (Å²) in [7, 11) is 0. The van der Waals surface area contributed by atoms with Crippen molar-refractivity contribution in [3.8, 4) is 11.5 Å².